The normalized spacial score (nSPS) is 20.1. The summed E-state index contributed by atoms with van der Waals surface area (Å²) in [6, 6.07) is 4.69. The number of hydrogen-bond acceptors (Lipinski definition) is 5. The molecule has 7 nitrogen and oxygen atoms in total. The Kier molecular flexibility index (Phi) is 6.46. The first-order chi connectivity index (χ1) is 11.9. The van der Waals surface area contributed by atoms with Crippen LogP contribution in [-0.4, -0.2) is 62.0 Å². The topological polar surface area (TPSA) is 87.7 Å². The Morgan fingerprint density at radius 1 is 1.28 bits per heavy atom. The van der Waals surface area contributed by atoms with E-state index in [0.717, 1.165) is 0 Å². The number of carbonyl (C=O) groups is 3. The lowest BCUT2D eigenvalue weighted by molar-refractivity contribution is -0.145. The van der Waals surface area contributed by atoms with Gasteiger partial charge >= 0.3 is 5.97 Å². The van der Waals surface area contributed by atoms with Crippen molar-refractivity contribution in [2.45, 2.75) is 24.9 Å². The smallest absolute Gasteiger partial charge is 0.323 e. The van der Waals surface area contributed by atoms with Crippen LogP contribution in [0.1, 0.15) is 23.2 Å². The minimum Gasteiger partial charge on any atom is -0.468 e. The van der Waals surface area contributed by atoms with Gasteiger partial charge in [-0.25, -0.2) is 4.39 Å². The number of likely N-dealkylation sites (tertiary alicyclic amines) is 1. The number of rotatable bonds is 6. The fourth-order valence-electron chi connectivity index (χ4n) is 2.81. The van der Waals surface area contributed by atoms with Gasteiger partial charge in [0.1, 0.15) is 11.9 Å². The van der Waals surface area contributed by atoms with Crippen LogP contribution in [0.4, 0.5) is 4.39 Å². The molecule has 8 heteroatoms. The molecule has 1 aromatic rings. The van der Waals surface area contributed by atoms with Gasteiger partial charge in [-0.1, -0.05) is 0 Å². The molecule has 0 spiro atoms. The Hall–Kier alpha value is -2.48. The highest BCUT2D eigenvalue weighted by Crippen LogP contribution is 2.17. The molecule has 2 amide bonds. The van der Waals surface area contributed by atoms with Crippen molar-refractivity contribution in [3.63, 3.8) is 0 Å². The summed E-state index contributed by atoms with van der Waals surface area (Å²) in [5.74, 6) is -1.30. The number of benzene rings is 1. The number of hydrogen-bond donors (Lipinski definition) is 2. The molecule has 2 N–H and O–H groups in total. The van der Waals surface area contributed by atoms with E-state index in [4.69, 9.17) is 4.74 Å². The van der Waals surface area contributed by atoms with Crippen molar-refractivity contribution in [3.8, 4) is 0 Å². The van der Waals surface area contributed by atoms with Crippen LogP contribution in [0, 0.1) is 5.82 Å². The molecule has 0 radical (unpaired) electrons. The van der Waals surface area contributed by atoms with Crippen molar-refractivity contribution in [1.29, 1.82) is 0 Å². The SMILES string of the molecule is COC(=O)[C@@H]1C[C@H](NC(=O)CCNC(=O)c2ccc(F)cc2)CN1C. The maximum absolute atomic E-state index is 12.8. The van der Waals surface area contributed by atoms with Gasteiger partial charge in [0.2, 0.25) is 5.91 Å². The van der Waals surface area contributed by atoms with E-state index in [1.165, 1.54) is 31.4 Å². The second kappa shape index (κ2) is 8.57. The molecular formula is C17H22FN3O4. The van der Waals surface area contributed by atoms with E-state index in [2.05, 4.69) is 10.6 Å². The predicted octanol–water partition coefficient (Wildman–Crippen LogP) is 0.308. The number of likely N-dealkylation sites (N-methyl/N-ethyl adjacent to an activating group) is 1. The third-order valence-electron chi connectivity index (χ3n) is 4.13. The minimum absolute atomic E-state index is 0.121. The predicted molar refractivity (Wildman–Crippen MR) is 88.3 cm³/mol. The molecular weight excluding hydrogens is 329 g/mol. The molecule has 2 rings (SSSR count). The number of methoxy groups -OCH3 is 1. The lowest BCUT2D eigenvalue weighted by Gasteiger charge is -2.15. The molecule has 1 aliphatic rings. The zero-order valence-electron chi connectivity index (χ0n) is 14.3. The standard InChI is InChI=1S/C17H22FN3O4/c1-21-10-13(9-14(21)17(24)25-2)20-15(22)7-8-19-16(23)11-3-5-12(18)6-4-11/h3-6,13-14H,7-10H2,1-2H3,(H,19,23)(H,20,22)/t13-,14-/m0/s1. The molecule has 136 valence electrons. The molecule has 0 unspecified atom stereocenters. The first-order valence-corrected chi connectivity index (χ1v) is 8.02. The summed E-state index contributed by atoms with van der Waals surface area (Å²) in [5, 5.41) is 5.46. The van der Waals surface area contributed by atoms with Crippen molar-refractivity contribution in [1.82, 2.24) is 15.5 Å². The van der Waals surface area contributed by atoms with Gasteiger partial charge in [-0.15, -0.1) is 0 Å². The lowest BCUT2D eigenvalue weighted by Crippen LogP contribution is -2.38. The largest absolute Gasteiger partial charge is 0.468 e. The van der Waals surface area contributed by atoms with Gasteiger partial charge in [0.05, 0.1) is 7.11 Å². The van der Waals surface area contributed by atoms with E-state index in [-0.39, 0.29) is 42.8 Å². The monoisotopic (exact) mass is 351 g/mol. The number of amides is 2. The Labute approximate surface area is 145 Å². The number of esters is 1. The van der Waals surface area contributed by atoms with Gasteiger partial charge < -0.3 is 15.4 Å². The van der Waals surface area contributed by atoms with Crippen LogP contribution >= 0.6 is 0 Å². The van der Waals surface area contributed by atoms with Crippen molar-refractivity contribution in [2.75, 3.05) is 27.2 Å². The molecule has 0 aliphatic carbocycles. The fourth-order valence-corrected chi connectivity index (χ4v) is 2.81. The van der Waals surface area contributed by atoms with Crippen molar-refractivity contribution in [2.24, 2.45) is 0 Å². The van der Waals surface area contributed by atoms with Gasteiger partial charge in [-0.2, -0.15) is 0 Å². The van der Waals surface area contributed by atoms with E-state index >= 15 is 0 Å². The fraction of sp³-hybridized carbons (Fsp3) is 0.471. The van der Waals surface area contributed by atoms with Crippen LogP contribution in [0.25, 0.3) is 0 Å². The quantitative estimate of drug-likeness (QED) is 0.720. The Balaban J connectivity index is 1.71. The Morgan fingerprint density at radius 2 is 1.96 bits per heavy atom. The van der Waals surface area contributed by atoms with Crippen LogP contribution in [0.2, 0.25) is 0 Å². The Bertz CT molecular complexity index is 635. The van der Waals surface area contributed by atoms with Crippen LogP contribution in [0.5, 0.6) is 0 Å². The van der Waals surface area contributed by atoms with Gasteiger partial charge in [-0.3, -0.25) is 19.3 Å². The highest BCUT2D eigenvalue weighted by atomic mass is 19.1. The van der Waals surface area contributed by atoms with Crippen LogP contribution in [0.15, 0.2) is 24.3 Å². The highest BCUT2D eigenvalue weighted by molar-refractivity contribution is 5.94. The molecule has 25 heavy (non-hydrogen) atoms. The zero-order chi connectivity index (χ0) is 18.4. The maximum Gasteiger partial charge on any atom is 0.323 e. The van der Waals surface area contributed by atoms with Crippen LogP contribution in [0.3, 0.4) is 0 Å². The third kappa shape index (κ3) is 5.25. The van der Waals surface area contributed by atoms with E-state index in [0.29, 0.717) is 18.5 Å². The number of nitrogens with one attached hydrogen (secondary N) is 2. The molecule has 2 atom stereocenters. The van der Waals surface area contributed by atoms with E-state index < -0.39 is 5.82 Å². The summed E-state index contributed by atoms with van der Waals surface area (Å²) in [7, 11) is 3.14. The molecule has 0 bridgehead atoms. The molecule has 1 fully saturated rings. The average Bonchev–Trinajstić information content (AvgIpc) is 2.94. The minimum atomic E-state index is -0.414. The number of ether oxygens (including phenoxy) is 1. The average molecular weight is 351 g/mol. The Morgan fingerprint density at radius 3 is 2.60 bits per heavy atom. The van der Waals surface area contributed by atoms with E-state index in [1.807, 2.05) is 4.90 Å². The summed E-state index contributed by atoms with van der Waals surface area (Å²) in [5.41, 5.74) is 0.333. The van der Waals surface area contributed by atoms with Crippen LogP contribution in [-0.2, 0) is 14.3 Å². The van der Waals surface area contributed by atoms with Crippen LogP contribution < -0.4 is 10.6 Å². The first-order valence-electron chi connectivity index (χ1n) is 8.02. The van der Waals surface area contributed by atoms with Crippen molar-refractivity contribution >= 4 is 17.8 Å². The lowest BCUT2D eigenvalue weighted by atomic mass is 10.1. The van der Waals surface area contributed by atoms with Gasteiger partial charge in [0, 0.05) is 31.1 Å². The first kappa shape index (κ1) is 18.9. The third-order valence-corrected chi connectivity index (χ3v) is 4.13. The summed E-state index contributed by atoms with van der Waals surface area (Å²) in [4.78, 5) is 37.3. The summed E-state index contributed by atoms with van der Waals surface area (Å²) >= 11 is 0. The van der Waals surface area contributed by atoms with Crippen molar-refractivity contribution < 1.29 is 23.5 Å². The van der Waals surface area contributed by atoms with E-state index in [9.17, 15) is 18.8 Å². The molecule has 1 heterocycles. The van der Waals surface area contributed by atoms with Gasteiger partial charge in [-0.05, 0) is 37.7 Å². The van der Waals surface area contributed by atoms with Gasteiger partial charge in [0.15, 0.2) is 0 Å². The summed E-state index contributed by atoms with van der Waals surface area (Å²) in [6.07, 6.45) is 0.618. The molecule has 1 aliphatic heterocycles. The highest BCUT2D eigenvalue weighted by Gasteiger charge is 2.35. The molecule has 1 saturated heterocycles. The summed E-state index contributed by atoms with van der Waals surface area (Å²) in [6.45, 7) is 0.735. The molecule has 1 aromatic carbocycles. The molecule has 0 aromatic heterocycles. The number of carbonyl (C=O) groups excluding carboxylic acids is 3. The van der Waals surface area contributed by atoms with Crippen molar-refractivity contribution in [3.05, 3.63) is 35.6 Å². The zero-order valence-corrected chi connectivity index (χ0v) is 14.3. The number of nitrogens with zero attached hydrogens (tertiary/aromatic N) is 1. The second-order valence-electron chi connectivity index (χ2n) is 5.99. The van der Waals surface area contributed by atoms with E-state index in [1.54, 1.807) is 7.05 Å². The molecule has 0 saturated carbocycles. The summed E-state index contributed by atoms with van der Waals surface area (Å²) < 4.78 is 17.5. The second-order valence-corrected chi connectivity index (χ2v) is 5.99. The maximum atomic E-state index is 12.8. The number of halogens is 1. The van der Waals surface area contributed by atoms with Gasteiger partial charge in [0.25, 0.3) is 5.91 Å².